The van der Waals surface area contributed by atoms with Crippen molar-refractivity contribution in [3.05, 3.63) is 11.7 Å². The van der Waals surface area contributed by atoms with Crippen molar-refractivity contribution in [1.29, 1.82) is 0 Å². The van der Waals surface area contributed by atoms with Crippen molar-refractivity contribution in [2.75, 3.05) is 7.05 Å². The van der Waals surface area contributed by atoms with Gasteiger partial charge in [0.2, 0.25) is 0 Å². The Labute approximate surface area is 146 Å². The van der Waals surface area contributed by atoms with Crippen molar-refractivity contribution in [1.82, 2.24) is 15.5 Å². The highest BCUT2D eigenvalue weighted by atomic mass is 35.5. The highest BCUT2D eigenvalue weighted by molar-refractivity contribution is 5.85. The van der Waals surface area contributed by atoms with Crippen LogP contribution in [0.4, 0.5) is 0 Å². The Morgan fingerprint density at radius 1 is 1.30 bits per heavy atom. The molecule has 1 aromatic heterocycles. The third-order valence-corrected chi connectivity index (χ3v) is 4.87. The first-order valence-electron chi connectivity index (χ1n) is 8.59. The van der Waals surface area contributed by atoms with Crippen LogP contribution >= 0.6 is 12.4 Å². The van der Waals surface area contributed by atoms with Gasteiger partial charge in [-0.2, -0.15) is 4.98 Å². The summed E-state index contributed by atoms with van der Waals surface area (Å²) < 4.78 is 11.5. The minimum Gasteiger partial charge on any atom is -0.368 e. The van der Waals surface area contributed by atoms with Crippen molar-refractivity contribution >= 4 is 12.4 Å². The SMILES string of the molecule is CNC(C)Cc1noc(COC2CC(C)CCC2C(C)C)n1.Cl. The van der Waals surface area contributed by atoms with Gasteiger partial charge in [-0.1, -0.05) is 32.3 Å². The summed E-state index contributed by atoms with van der Waals surface area (Å²) in [6.07, 6.45) is 4.80. The molecule has 23 heavy (non-hydrogen) atoms. The molecule has 1 fully saturated rings. The topological polar surface area (TPSA) is 60.2 Å². The van der Waals surface area contributed by atoms with E-state index in [0.717, 1.165) is 24.6 Å². The van der Waals surface area contributed by atoms with E-state index in [1.165, 1.54) is 12.8 Å². The van der Waals surface area contributed by atoms with E-state index < -0.39 is 0 Å². The average molecular weight is 346 g/mol. The summed E-state index contributed by atoms with van der Waals surface area (Å²) in [6, 6.07) is 0.343. The standard InChI is InChI=1S/C17H31N3O2.ClH/c1-11(2)14-7-6-12(3)8-15(14)21-10-17-19-16(20-22-17)9-13(4)18-5;/h11-15,18H,6-10H2,1-5H3;1H. The molecule has 0 bridgehead atoms. The zero-order valence-corrected chi connectivity index (χ0v) is 15.9. The molecule has 1 saturated carbocycles. The minimum absolute atomic E-state index is 0. The fourth-order valence-corrected chi connectivity index (χ4v) is 3.29. The van der Waals surface area contributed by atoms with Crippen LogP contribution in [0.15, 0.2) is 4.52 Å². The van der Waals surface area contributed by atoms with Gasteiger partial charge in [-0.25, -0.2) is 0 Å². The lowest BCUT2D eigenvalue weighted by Crippen LogP contribution is -2.34. The third-order valence-electron chi connectivity index (χ3n) is 4.87. The van der Waals surface area contributed by atoms with Crippen LogP contribution in [0, 0.1) is 17.8 Å². The maximum atomic E-state index is 6.15. The van der Waals surface area contributed by atoms with Gasteiger partial charge in [0.05, 0.1) is 6.10 Å². The van der Waals surface area contributed by atoms with Crippen LogP contribution in [0.25, 0.3) is 0 Å². The summed E-state index contributed by atoms with van der Waals surface area (Å²) >= 11 is 0. The molecule has 1 aromatic rings. The molecule has 0 spiro atoms. The van der Waals surface area contributed by atoms with E-state index in [4.69, 9.17) is 9.26 Å². The second-order valence-corrected chi connectivity index (χ2v) is 7.17. The number of halogens is 1. The lowest BCUT2D eigenvalue weighted by atomic mass is 9.75. The van der Waals surface area contributed by atoms with E-state index in [1.54, 1.807) is 0 Å². The molecule has 1 N–H and O–H groups in total. The van der Waals surface area contributed by atoms with Gasteiger partial charge in [-0.15, -0.1) is 12.4 Å². The first-order valence-corrected chi connectivity index (χ1v) is 8.59. The first kappa shape index (κ1) is 20.4. The molecule has 1 aliphatic carbocycles. The Morgan fingerprint density at radius 2 is 2.04 bits per heavy atom. The molecule has 6 heteroatoms. The smallest absolute Gasteiger partial charge is 0.252 e. The van der Waals surface area contributed by atoms with Gasteiger partial charge in [0.15, 0.2) is 5.82 Å². The number of nitrogens with one attached hydrogen (secondary N) is 1. The molecule has 5 nitrogen and oxygen atoms in total. The molecule has 0 amide bonds. The molecule has 0 saturated heterocycles. The van der Waals surface area contributed by atoms with Crippen LogP contribution in [-0.4, -0.2) is 29.3 Å². The van der Waals surface area contributed by atoms with Gasteiger partial charge in [0, 0.05) is 12.5 Å². The number of likely N-dealkylation sites (N-methyl/N-ethyl adjacent to an activating group) is 1. The van der Waals surface area contributed by atoms with Crippen molar-refractivity contribution in [3.8, 4) is 0 Å². The molecule has 0 radical (unpaired) electrons. The van der Waals surface area contributed by atoms with Gasteiger partial charge >= 0.3 is 0 Å². The molecule has 4 unspecified atom stereocenters. The van der Waals surface area contributed by atoms with Crippen molar-refractivity contribution in [3.63, 3.8) is 0 Å². The van der Waals surface area contributed by atoms with E-state index >= 15 is 0 Å². The lowest BCUT2D eigenvalue weighted by Gasteiger charge is -2.36. The Balaban J connectivity index is 0.00000264. The molecular weight excluding hydrogens is 314 g/mol. The number of hydrogen-bond acceptors (Lipinski definition) is 5. The maximum Gasteiger partial charge on any atom is 0.252 e. The van der Waals surface area contributed by atoms with E-state index in [1.807, 2.05) is 7.05 Å². The van der Waals surface area contributed by atoms with E-state index in [9.17, 15) is 0 Å². The normalized spacial score (nSPS) is 26.1. The Kier molecular flexibility index (Phi) is 8.51. The molecule has 0 aromatic carbocycles. The summed E-state index contributed by atoms with van der Waals surface area (Å²) in [5, 5.41) is 7.21. The first-order chi connectivity index (χ1) is 10.5. The zero-order chi connectivity index (χ0) is 16.1. The molecule has 134 valence electrons. The van der Waals surface area contributed by atoms with Crippen molar-refractivity contribution in [2.24, 2.45) is 17.8 Å². The monoisotopic (exact) mass is 345 g/mol. The summed E-state index contributed by atoms with van der Waals surface area (Å²) in [5.41, 5.74) is 0. The molecule has 4 atom stereocenters. The van der Waals surface area contributed by atoms with Crippen molar-refractivity contribution < 1.29 is 9.26 Å². The molecule has 0 aliphatic heterocycles. The summed E-state index contributed by atoms with van der Waals surface area (Å²) in [5.74, 6) is 3.39. The van der Waals surface area contributed by atoms with Crippen LogP contribution in [-0.2, 0) is 17.8 Å². The van der Waals surface area contributed by atoms with Crippen LogP contribution in [0.5, 0.6) is 0 Å². The fourth-order valence-electron chi connectivity index (χ4n) is 3.29. The molecule has 1 heterocycles. The average Bonchev–Trinajstić information content (AvgIpc) is 2.92. The van der Waals surface area contributed by atoms with Crippen LogP contribution in [0.3, 0.4) is 0 Å². The zero-order valence-electron chi connectivity index (χ0n) is 15.0. The Bertz CT molecular complexity index is 453. The number of rotatable bonds is 7. The molecule has 1 aliphatic rings. The van der Waals surface area contributed by atoms with E-state index in [0.29, 0.717) is 36.5 Å². The van der Waals surface area contributed by atoms with Crippen LogP contribution in [0.1, 0.15) is 58.7 Å². The number of ether oxygens (including phenoxy) is 1. The third kappa shape index (κ3) is 6.05. The number of hydrogen-bond donors (Lipinski definition) is 1. The van der Waals surface area contributed by atoms with Gasteiger partial charge in [-0.05, 0) is 44.6 Å². The van der Waals surface area contributed by atoms with Crippen molar-refractivity contribution in [2.45, 2.75) is 72.1 Å². The van der Waals surface area contributed by atoms with E-state index in [-0.39, 0.29) is 12.4 Å². The lowest BCUT2D eigenvalue weighted by molar-refractivity contribution is -0.0547. The molecular formula is C17H32ClN3O2. The van der Waals surface area contributed by atoms with Gasteiger partial charge in [0.25, 0.3) is 5.89 Å². The van der Waals surface area contributed by atoms with Crippen LogP contribution in [0.2, 0.25) is 0 Å². The summed E-state index contributed by atoms with van der Waals surface area (Å²) in [7, 11) is 1.94. The number of aromatic nitrogens is 2. The predicted octanol–water partition coefficient (Wildman–Crippen LogP) is 3.62. The predicted molar refractivity (Wildman–Crippen MR) is 93.7 cm³/mol. The Hall–Kier alpha value is -0.650. The number of nitrogens with zero attached hydrogens (tertiary/aromatic N) is 2. The summed E-state index contributed by atoms with van der Waals surface area (Å²) in [4.78, 5) is 4.43. The fraction of sp³-hybridized carbons (Fsp3) is 0.882. The van der Waals surface area contributed by atoms with Gasteiger partial charge in [-0.3, -0.25) is 0 Å². The molecule has 2 rings (SSSR count). The van der Waals surface area contributed by atoms with Gasteiger partial charge < -0.3 is 14.6 Å². The quantitative estimate of drug-likeness (QED) is 0.817. The second-order valence-electron chi connectivity index (χ2n) is 7.17. The Morgan fingerprint density at radius 3 is 2.70 bits per heavy atom. The largest absolute Gasteiger partial charge is 0.368 e. The van der Waals surface area contributed by atoms with E-state index in [2.05, 4.69) is 43.2 Å². The van der Waals surface area contributed by atoms with Gasteiger partial charge in [0.1, 0.15) is 6.61 Å². The van der Waals surface area contributed by atoms with Crippen LogP contribution < -0.4 is 5.32 Å². The highest BCUT2D eigenvalue weighted by Crippen LogP contribution is 2.35. The maximum absolute atomic E-state index is 6.15. The minimum atomic E-state index is 0. The summed E-state index contributed by atoms with van der Waals surface area (Å²) in [6.45, 7) is 9.43. The second kappa shape index (κ2) is 9.60. The highest BCUT2D eigenvalue weighted by Gasteiger charge is 2.31.